The number of hydrogen-bond acceptors (Lipinski definition) is 2. The number of aliphatic hydroxyl groups is 1. The summed E-state index contributed by atoms with van der Waals surface area (Å²) < 4.78 is 5.48. The van der Waals surface area contributed by atoms with Gasteiger partial charge in [0.2, 0.25) is 0 Å². The molecule has 1 atom stereocenters. The van der Waals surface area contributed by atoms with Gasteiger partial charge in [-0.2, -0.15) is 0 Å². The summed E-state index contributed by atoms with van der Waals surface area (Å²) >= 11 is 0. The van der Waals surface area contributed by atoms with Crippen LogP contribution in [0.25, 0.3) is 0 Å². The average molecular weight is 290 g/mol. The largest absolute Gasteiger partial charge is 0.497 e. The predicted octanol–water partition coefficient (Wildman–Crippen LogP) is 4.96. The van der Waals surface area contributed by atoms with Crippen molar-refractivity contribution in [3.05, 3.63) is 47.7 Å². The lowest BCUT2D eigenvalue weighted by Crippen LogP contribution is -2.10. The Hall–Kier alpha value is -1.28. The van der Waals surface area contributed by atoms with Gasteiger partial charge in [-0.05, 0) is 29.0 Å². The van der Waals surface area contributed by atoms with Crippen LogP contribution in [-0.4, -0.2) is 11.2 Å². The molecule has 0 aliphatic carbocycles. The lowest BCUT2D eigenvalue weighted by molar-refractivity contribution is 0.192. The molecule has 0 amide bonds. The summed E-state index contributed by atoms with van der Waals surface area (Å²) in [4.78, 5) is 0. The van der Waals surface area contributed by atoms with Gasteiger partial charge in [-0.25, -0.2) is 0 Å². The molecule has 0 fully saturated rings. The predicted molar refractivity (Wildman–Crippen MR) is 89.2 cm³/mol. The van der Waals surface area contributed by atoms with Crippen LogP contribution in [0.3, 0.4) is 0 Å². The minimum Gasteiger partial charge on any atom is -0.497 e. The van der Waals surface area contributed by atoms with Gasteiger partial charge < -0.3 is 9.84 Å². The summed E-state index contributed by atoms with van der Waals surface area (Å²) in [6.07, 6.45) is 7.20. The Labute approximate surface area is 129 Å². The van der Waals surface area contributed by atoms with E-state index in [9.17, 15) is 5.11 Å². The summed E-state index contributed by atoms with van der Waals surface area (Å²) in [6, 6.07) is 8.52. The van der Waals surface area contributed by atoms with Gasteiger partial charge in [0.05, 0.1) is 12.4 Å². The van der Waals surface area contributed by atoms with Crippen LogP contribution in [0.1, 0.15) is 64.5 Å². The summed E-state index contributed by atoms with van der Waals surface area (Å²) in [5.74, 6) is 0. The van der Waals surface area contributed by atoms with Gasteiger partial charge in [0.25, 0.3) is 0 Å². The van der Waals surface area contributed by atoms with E-state index < -0.39 is 0 Å². The van der Waals surface area contributed by atoms with Gasteiger partial charge >= 0.3 is 0 Å². The molecule has 2 heteroatoms. The van der Waals surface area contributed by atoms with Crippen molar-refractivity contribution in [1.82, 2.24) is 0 Å². The quantitative estimate of drug-likeness (QED) is 0.542. The minimum atomic E-state index is -0.389. The Bertz CT molecular complexity index is 412. The van der Waals surface area contributed by atoms with Crippen LogP contribution >= 0.6 is 0 Å². The number of rotatable bonds is 8. The van der Waals surface area contributed by atoms with Crippen molar-refractivity contribution in [3.8, 4) is 0 Å². The minimum absolute atomic E-state index is 0.182. The molecule has 1 aromatic carbocycles. The van der Waals surface area contributed by atoms with E-state index in [1.807, 2.05) is 0 Å². The Morgan fingerprint density at radius 2 is 1.81 bits per heavy atom. The van der Waals surface area contributed by atoms with Crippen LogP contribution in [0, 0.1) is 0 Å². The van der Waals surface area contributed by atoms with E-state index in [0.717, 1.165) is 18.4 Å². The monoisotopic (exact) mass is 290 g/mol. The van der Waals surface area contributed by atoms with Crippen molar-refractivity contribution in [1.29, 1.82) is 0 Å². The second kappa shape index (κ2) is 8.89. The van der Waals surface area contributed by atoms with Crippen LogP contribution in [0.5, 0.6) is 0 Å². The zero-order valence-corrected chi connectivity index (χ0v) is 13.9. The molecular formula is C19H30O2. The van der Waals surface area contributed by atoms with Crippen molar-refractivity contribution >= 4 is 0 Å². The molecule has 0 spiro atoms. The van der Waals surface area contributed by atoms with E-state index in [2.05, 4.69) is 52.0 Å². The highest BCUT2D eigenvalue weighted by molar-refractivity contribution is 5.27. The second-order valence-electron chi connectivity index (χ2n) is 6.65. The molecular weight excluding hydrogens is 260 g/mol. The van der Waals surface area contributed by atoms with Crippen molar-refractivity contribution in [2.24, 2.45) is 0 Å². The van der Waals surface area contributed by atoms with Gasteiger partial charge in [-0.3, -0.25) is 0 Å². The van der Waals surface area contributed by atoms with Gasteiger partial charge in [-0.1, -0.05) is 71.2 Å². The van der Waals surface area contributed by atoms with Crippen molar-refractivity contribution in [2.75, 3.05) is 0 Å². The highest BCUT2D eigenvalue weighted by atomic mass is 16.5. The number of benzene rings is 1. The summed E-state index contributed by atoms with van der Waals surface area (Å²) in [5, 5.41) is 9.73. The van der Waals surface area contributed by atoms with Crippen molar-refractivity contribution in [2.45, 2.75) is 71.5 Å². The molecule has 1 rings (SSSR count). The molecule has 1 N–H and O–H groups in total. The lowest BCUT2D eigenvalue weighted by Gasteiger charge is -2.19. The first-order valence-electron chi connectivity index (χ1n) is 7.99. The third-order valence-electron chi connectivity index (χ3n) is 3.57. The molecule has 0 aliphatic heterocycles. The maximum absolute atomic E-state index is 9.73. The molecule has 2 nitrogen and oxygen atoms in total. The fourth-order valence-corrected chi connectivity index (χ4v) is 2.09. The number of unbranched alkanes of at least 4 members (excludes halogenated alkanes) is 2. The molecule has 0 radical (unpaired) electrons. The van der Waals surface area contributed by atoms with Gasteiger partial charge in [0.15, 0.2) is 0 Å². The first-order chi connectivity index (χ1) is 9.93. The maximum atomic E-state index is 9.73. The molecule has 0 aromatic heterocycles. The second-order valence-corrected chi connectivity index (χ2v) is 6.65. The molecule has 0 aliphatic rings. The average Bonchev–Trinajstić information content (AvgIpc) is 2.43. The topological polar surface area (TPSA) is 29.5 Å². The van der Waals surface area contributed by atoms with Crippen LogP contribution in [0.4, 0.5) is 0 Å². The van der Waals surface area contributed by atoms with E-state index in [-0.39, 0.29) is 11.5 Å². The molecule has 0 heterocycles. The van der Waals surface area contributed by atoms with E-state index in [0.29, 0.717) is 6.61 Å². The Morgan fingerprint density at radius 1 is 1.14 bits per heavy atom. The first-order valence-corrected chi connectivity index (χ1v) is 7.99. The highest BCUT2D eigenvalue weighted by Gasteiger charge is 2.12. The summed E-state index contributed by atoms with van der Waals surface area (Å²) in [6.45, 7) is 9.34. The SMILES string of the molecule is CCCCCC(O)/C=C/OCc1ccc(C(C)(C)C)cc1. The molecule has 1 unspecified atom stereocenters. The van der Waals surface area contributed by atoms with E-state index in [1.165, 1.54) is 18.4 Å². The van der Waals surface area contributed by atoms with Gasteiger partial charge in [0.1, 0.15) is 6.61 Å². The molecule has 21 heavy (non-hydrogen) atoms. The van der Waals surface area contributed by atoms with E-state index in [4.69, 9.17) is 4.74 Å². The van der Waals surface area contributed by atoms with E-state index >= 15 is 0 Å². The Kier molecular flexibility index (Phi) is 7.52. The highest BCUT2D eigenvalue weighted by Crippen LogP contribution is 2.22. The third kappa shape index (κ3) is 7.33. The van der Waals surface area contributed by atoms with Crippen LogP contribution < -0.4 is 0 Å². The fourth-order valence-electron chi connectivity index (χ4n) is 2.09. The fraction of sp³-hybridized carbons (Fsp3) is 0.579. The zero-order chi connectivity index (χ0) is 15.7. The number of ether oxygens (including phenoxy) is 1. The van der Waals surface area contributed by atoms with E-state index in [1.54, 1.807) is 12.3 Å². The van der Waals surface area contributed by atoms with Crippen molar-refractivity contribution in [3.63, 3.8) is 0 Å². The molecule has 0 saturated heterocycles. The molecule has 1 aromatic rings. The Morgan fingerprint density at radius 3 is 2.38 bits per heavy atom. The van der Waals surface area contributed by atoms with Gasteiger partial charge in [0, 0.05) is 0 Å². The molecule has 0 bridgehead atoms. The third-order valence-corrected chi connectivity index (χ3v) is 3.57. The summed E-state index contributed by atoms with van der Waals surface area (Å²) in [7, 11) is 0. The molecule has 118 valence electrons. The first kappa shape index (κ1) is 17.8. The lowest BCUT2D eigenvalue weighted by atomic mass is 9.87. The normalized spacial score (nSPS) is 13.6. The summed E-state index contributed by atoms with van der Waals surface area (Å²) in [5.41, 5.74) is 2.66. The van der Waals surface area contributed by atoms with Gasteiger partial charge in [-0.15, -0.1) is 0 Å². The Balaban J connectivity index is 2.32. The smallest absolute Gasteiger partial charge is 0.112 e. The number of aliphatic hydroxyl groups excluding tert-OH is 1. The zero-order valence-electron chi connectivity index (χ0n) is 13.9. The van der Waals surface area contributed by atoms with Crippen LogP contribution in [0.15, 0.2) is 36.6 Å². The van der Waals surface area contributed by atoms with Crippen molar-refractivity contribution < 1.29 is 9.84 Å². The van der Waals surface area contributed by atoms with Crippen LogP contribution in [-0.2, 0) is 16.8 Å². The standard InChI is InChI=1S/C19H30O2/c1-5-6-7-8-18(20)13-14-21-15-16-9-11-17(12-10-16)19(2,3)4/h9-14,18,20H,5-8,15H2,1-4H3/b14-13+. The number of hydrogen-bond donors (Lipinski definition) is 1. The maximum Gasteiger partial charge on any atom is 0.112 e. The van der Waals surface area contributed by atoms with Crippen LogP contribution in [0.2, 0.25) is 0 Å². The molecule has 0 saturated carbocycles.